The number of hydrogen-bond acceptors (Lipinski definition) is 2. The molecule has 1 aliphatic rings. The van der Waals surface area contributed by atoms with Crippen LogP contribution in [0.5, 0.6) is 5.75 Å². The minimum absolute atomic E-state index is 0.625. The molecule has 1 aliphatic carbocycles. The van der Waals surface area contributed by atoms with Gasteiger partial charge in [0, 0.05) is 11.7 Å². The molecule has 2 rings (SSSR count). The maximum absolute atomic E-state index is 5.56. The third-order valence-electron chi connectivity index (χ3n) is 4.53. The minimum atomic E-state index is 0.625. The van der Waals surface area contributed by atoms with E-state index in [1.165, 1.54) is 36.9 Å². The molecule has 0 saturated heterocycles. The van der Waals surface area contributed by atoms with Gasteiger partial charge in [0.1, 0.15) is 5.75 Å². The highest BCUT2D eigenvalue weighted by atomic mass is 16.5. The van der Waals surface area contributed by atoms with Crippen molar-refractivity contribution in [1.29, 1.82) is 0 Å². The zero-order chi connectivity index (χ0) is 14.5. The first-order valence-electron chi connectivity index (χ1n) is 8.11. The van der Waals surface area contributed by atoms with Gasteiger partial charge in [0.2, 0.25) is 0 Å². The molecule has 20 heavy (non-hydrogen) atoms. The van der Waals surface area contributed by atoms with Crippen molar-refractivity contribution in [1.82, 2.24) is 0 Å². The standard InChI is InChI=1S/C18H29NO/c1-5-20-15-10-11-17(14(4)12-15)19-18-9-7-6-8-16(18)13(2)3/h10-13,16,18-19H,5-9H2,1-4H3. The summed E-state index contributed by atoms with van der Waals surface area (Å²) in [6.45, 7) is 9.63. The molecule has 0 radical (unpaired) electrons. The van der Waals surface area contributed by atoms with E-state index in [1.807, 2.05) is 6.92 Å². The van der Waals surface area contributed by atoms with Gasteiger partial charge < -0.3 is 10.1 Å². The summed E-state index contributed by atoms with van der Waals surface area (Å²) in [4.78, 5) is 0. The predicted octanol–water partition coefficient (Wildman–Crippen LogP) is 5.02. The molecular formula is C18H29NO. The third kappa shape index (κ3) is 3.68. The van der Waals surface area contributed by atoms with Crippen LogP contribution in [0.1, 0.15) is 52.0 Å². The average molecular weight is 275 g/mol. The third-order valence-corrected chi connectivity index (χ3v) is 4.53. The lowest BCUT2D eigenvalue weighted by molar-refractivity contribution is 0.253. The Bertz CT molecular complexity index is 427. The lowest BCUT2D eigenvalue weighted by atomic mass is 9.77. The van der Waals surface area contributed by atoms with Crippen LogP contribution in [-0.2, 0) is 0 Å². The van der Waals surface area contributed by atoms with Gasteiger partial charge in [-0.15, -0.1) is 0 Å². The Hall–Kier alpha value is -1.18. The van der Waals surface area contributed by atoms with Gasteiger partial charge >= 0.3 is 0 Å². The van der Waals surface area contributed by atoms with E-state index < -0.39 is 0 Å². The van der Waals surface area contributed by atoms with Crippen LogP contribution in [0.25, 0.3) is 0 Å². The second kappa shape index (κ2) is 7.01. The maximum atomic E-state index is 5.56. The Morgan fingerprint density at radius 1 is 1.25 bits per heavy atom. The first kappa shape index (κ1) is 15.2. The number of anilines is 1. The highest BCUT2D eigenvalue weighted by Gasteiger charge is 2.27. The van der Waals surface area contributed by atoms with E-state index in [4.69, 9.17) is 4.74 Å². The molecule has 112 valence electrons. The van der Waals surface area contributed by atoms with E-state index >= 15 is 0 Å². The summed E-state index contributed by atoms with van der Waals surface area (Å²) in [6.07, 6.45) is 5.42. The fourth-order valence-electron chi connectivity index (χ4n) is 3.39. The molecule has 0 spiro atoms. The van der Waals surface area contributed by atoms with Crippen LogP contribution in [0, 0.1) is 18.8 Å². The molecular weight excluding hydrogens is 246 g/mol. The maximum Gasteiger partial charge on any atom is 0.119 e. The number of hydrogen-bond donors (Lipinski definition) is 1. The highest BCUT2D eigenvalue weighted by molar-refractivity contribution is 5.54. The van der Waals surface area contributed by atoms with Crippen molar-refractivity contribution in [3.05, 3.63) is 23.8 Å². The Balaban J connectivity index is 2.08. The van der Waals surface area contributed by atoms with Crippen LogP contribution in [0.15, 0.2) is 18.2 Å². The molecule has 2 atom stereocenters. The fourth-order valence-corrected chi connectivity index (χ4v) is 3.39. The van der Waals surface area contributed by atoms with Crippen molar-refractivity contribution in [2.75, 3.05) is 11.9 Å². The van der Waals surface area contributed by atoms with E-state index in [0.717, 1.165) is 24.2 Å². The quantitative estimate of drug-likeness (QED) is 0.814. The van der Waals surface area contributed by atoms with E-state index in [9.17, 15) is 0 Å². The molecule has 2 nitrogen and oxygen atoms in total. The van der Waals surface area contributed by atoms with Crippen LogP contribution in [-0.4, -0.2) is 12.6 Å². The SMILES string of the molecule is CCOc1ccc(NC2CCCCC2C(C)C)c(C)c1. The van der Waals surface area contributed by atoms with E-state index in [2.05, 4.69) is 44.3 Å². The molecule has 0 amide bonds. The molecule has 1 saturated carbocycles. The topological polar surface area (TPSA) is 21.3 Å². The van der Waals surface area contributed by atoms with E-state index in [1.54, 1.807) is 0 Å². The smallest absolute Gasteiger partial charge is 0.119 e. The Morgan fingerprint density at radius 2 is 2.00 bits per heavy atom. The number of ether oxygens (including phenoxy) is 1. The average Bonchev–Trinajstić information content (AvgIpc) is 2.42. The summed E-state index contributed by atoms with van der Waals surface area (Å²) < 4.78 is 5.56. The van der Waals surface area contributed by atoms with Gasteiger partial charge in [-0.1, -0.05) is 26.7 Å². The fraction of sp³-hybridized carbons (Fsp3) is 0.667. The lowest BCUT2D eigenvalue weighted by Crippen LogP contribution is -2.35. The van der Waals surface area contributed by atoms with E-state index in [-0.39, 0.29) is 0 Å². The highest BCUT2D eigenvalue weighted by Crippen LogP contribution is 2.33. The number of nitrogens with one attached hydrogen (secondary N) is 1. The van der Waals surface area contributed by atoms with E-state index in [0.29, 0.717) is 6.04 Å². The summed E-state index contributed by atoms with van der Waals surface area (Å²) in [5, 5.41) is 3.79. The van der Waals surface area contributed by atoms with Crippen molar-refractivity contribution >= 4 is 5.69 Å². The Labute approximate surface area is 123 Å². The zero-order valence-electron chi connectivity index (χ0n) is 13.4. The summed E-state index contributed by atoms with van der Waals surface area (Å²) >= 11 is 0. The molecule has 0 aliphatic heterocycles. The predicted molar refractivity (Wildman–Crippen MR) is 86.6 cm³/mol. The Morgan fingerprint density at radius 3 is 2.65 bits per heavy atom. The molecule has 1 fully saturated rings. The zero-order valence-corrected chi connectivity index (χ0v) is 13.4. The van der Waals surface area contributed by atoms with Gasteiger partial charge in [-0.2, -0.15) is 0 Å². The van der Waals surface area contributed by atoms with Crippen molar-refractivity contribution < 1.29 is 4.74 Å². The van der Waals surface area contributed by atoms with Crippen LogP contribution in [0.3, 0.4) is 0 Å². The molecule has 1 aromatic carbocycles. The van der Waals surface area contributed by atoms with Crippen LogP contribution >= 0.6 is 0 Å². The van der Waals surface area contributed by atoms with Gasteiger partial charge in [-0.3, -0.25) is 0 Å². The molecule has 2 heteroatoms. The normalized spacial score (nSPS) is 22.9. The first-order chi connectivity index (χ1) is 9.61. The molecule has 0 bridgehead atoms. The number of aryl methyl sites for hydroxylation is 1. The summed E-state index contributed by atoms with van der Waals surface area (Å²) in [6, 6.07) is 7.01. The summed E-state index contributed by atoms with van der Waals surface area (Å²) in [5.74, 6) is 2.53. The second-order valence-electron chi connectivity index (χ2n) is 6.35. The molecule has 0 heterocycles. The molecule has 0 aromatic heterocycles. The van der Waals surface area contributed by atoms with Crippen molar-refractivity contribution in [3.63, 3.8) is 0 Å². The van der Waals surface area contributed by atoms with Crippen LogP contribution in [0.4, 0.5) is 5.69 Å². The summed E-state index contributed by atoms with van der Waals surface area (Å²) in [5.41, 5.74) is 2.55. The van der Waals surface area contributed by atoms with Crippen LogP contribution in [0.2, 0.25) is 0 Å². The van der Waals surface area contributed by atoms with Crippen molar-refractivity contribution in [3.8, 4) is 5.75 Å². The van der Waals surface area contributed by atoms with Gasteiger partial charge in [0.05, 0.1) is 6.61 Å². The van der Waals surface area contributed by atoms with Gasteiger partial charge in [-0.05, 0) is 62.3 Å². The van der Waals surface area contributed by atoms with Gasteiger partial charge in [0.25, 0.3) is 0 Å². The van der Waals surface area contributed by atoms with Crippen LogP contribution < -0.4 is 10.1 Å². The Kier molecular flexibility index (Phi) is 5.33. The second-order valence-corrected chi connectivity index (χ2v) is 6.35. The van der Waals surface area contributed by atoms with Crippen molar-refractivity contribution in [2.45, 2.75) is 59.4 Å². The molecule has 1 N–H and O–H groups in total. The largest absolute Gasteiger partial charge is 0.494 e. The number of benzene rings is 1. The molecule has 2 unspecified atom stereocenters. The van der Waals surface area contributed by atoms with Gasteiger partial charge in [-0.25, -0.2) is 0 Å². The first-order valence-corrected chi connectivity index (χ1v) is 8.11. The summed E-state index contributed by atoms with van der Waals surface area (Å²) in [7, 11) is 0. The monoisotopic (exact) mass is 275 g/mol. The molecule has 1 aromatic rings. The van der Waals surface area contributed by atoms with Crippen molar-refractivity contribution in [2.24, 2.45) is 11.8 Å². The number of rotatable bonds is 5. The van der Waals surface area contributed by atoms with Gasteiger partial charge in [0.15, 0.2) is 0 Å². The minimum Gasteiger partial charge on any atom is -0.494 e. The lowest BCUT2D eigenvalue weighted by Gasteiger charge is -2.36.